The molecule has 2 aromatic rings. The number of fused-ring (bicyclic) bond motifs is 1. The average molecular weight is 332 g/mol. The summed E-state index contributed by atoms with van der Waals surface area (Å²) in [6.45, 7) is 3.85. The maximum absolute atomic E-state index is 13.4. The topological polar surface area (TPSA) is 62.4 Å². The van der Waals surface area contributed by atoms with E-state index in [2.05, 4.69) is 4.98 Å². The summed E-state index contributed by atoms with van der Waals surface area (Å²) in [7, 11) is 0. The quantitative estimate of drug-likeness (QED) is 0.675. The first kappa shape index (κ1) is 16.6. The Kier molecular flexibility index (Phi) is 4.94. The summed E-state index contributed by atoms with van der Waals surface area (Å²) in [5.74, 6) is -0.609. The number of piperidine rings is 1. The molecule has 0 saturated carbocycles. The van der Waals surface area contributed by atoms with E-state index in [0.29, 0.717) is 43.5 Å². The van der Waals surface area contributed by atoms with E-state index in [1.54, 1.807) is 19.2 Å². The van der Waals surface area contributed by atoms with Crippen molar-refractivity contribution in [1.82, 2.24) is 9.88 Å². The highest BCUT2D eigenvalue weighted by Crippen LogP contribution is 2.22. The number of hydrogen-bond donors (Lipinski definition) is 1. The molecular formula is C18H21FN2O3. The van der Waals surface area contributed by atoms with E-state index in [4.69, 9.17) is 4.74 Å². The van der Waals surface area contributed by atoms with Crippen LogP contribution in [0.15, 0.2) is 24.4 Å². The first-order chi connectivity index (χ1) is 11.6. The summed E-state index contributed by atoms with van der Waals surface area (Å²) >= 11 is 0. The fourth-order valence-corrected chi connectivity index (χ4v) is 3.20. The number of nitrogens with zero attached hydrogens (tertiary/aromatic N) is 1. The van der Waals surface area contributed by atoms with E-state index in [0.717, 1.165) is 5.52 Å². The third-order valence-corrected chi connectivity index (χ3v) is 4.52. The van der Waals surface area contributed by atoms with Crippen LogP contribution in [0.25, 0.3) is 10.9 Å². The molecule has 0 atom stereocenters. The standard InChI is InChI=1S/C18H21FN2O3/c1-2-24-18(23)12-5-7-21(8-6-12)11-17(22)15-10-20-16-4-3-13(19)9-14(15)16/h3-4,9-10,12,20H,2,5-8,11H2,1H3. The van der Waals surface area contributed by atoms with Gasteiger partial charge in [-0.3, -0.25) is 14.5 Å². The van der Waals surface area contributed by atoms with Gasteiger partial charge < -0.3 is 9.72 Å². The lowest BCUT2D eigenvalue weighted by atomic mass is 9.96. The van der Waals surface area contributed by atoms with Crippen molar-refractivity contribution >= 4 is 22.7 Å². The number of benzene rings is 1. The summed E-state index contributed by atoms with van der Waals surface area (Å²) in [5.41, 5.74) is 1.26. The van der Waals surface area contributed by atoms with Gasteiger partial charge in [-0.05, 0) is 51.1 Å². The highest BCUT2D eigenvalue weighted by molar-refractivity contribution is 6.08. The van der Waals surface area contributed by atoms with Gasteiger partial charge in [0.15, 0.2) is 5.78 Å². The molecule has 24 heavy (non-hydrogen) atoms. The Morgan fingerprint density at radius 2 is 2.08 bits per heavy atom. The molecule has 1 aromatic heterocycles. The second kappa shape index (κ2) is 7.13. The molecule has 0 radical (unpaired) electrons. The minimum Gasteiger partial charge on any atom is -0.466 e. The second-order valence-electron chi connectivity index (χ2n) is 6.12. The number of likely N-dealkylation sites (tertiary alicyclic amines) is 1. The highest BCUT2D eigenvalue weighted by atomic mass is 19.1. The normalized spacial score (nSPS) is 16.4. The lowest BCUT2D eigenvalue weighted by Gasteiger charge is -2.30. The van der Waals surface area contributed by atoms with Gasteiger partial charge in [0.2, 0.25) is 0 Å². The number of hydrogen-bond acceptors (Lipinski definition) is 4. The Morgan fingerprint density at radius 3 is 2.79 bits per heavy atom. The fourth-order valence-electron chi connectivity index (χ4n) is 3.20. The van der Waals surface area contributed by atoms with Gasteiger partial charge in [0.1, 0.15) is 5.82 Å². The number of carbonyl (C=O) groups is 2. The van der Waals surface area contributed by atoms with E-state index >= 15 is 0 Å². The van der Waals surface area contributed by atoms with Gasteiger partial charge in [-0.2, -0.15) is 0 Å². The van der Waals surface area contributed by atoms with Gasteiger partial charge in [-0.1, -0.05) is 0 Å². The van der Waals surface area contributed by atoms with Crippen LogP contribution in [-0.2, 0) is 9.53 Å². The summed E-state index contributed by atoms with van der Waals surface area (Å²) in [6.07, 6.45) is 3.04. The maximum atomic E-state index is 13.4. The zero-order valence-corrected chi connectivity index (χ0v) is 13.7. The number of aromatic amines is 1. The van der Waals surface area contributed by atoms with Crippen LogP contribution in [0.1, 0.15) is 30.1 Å². The Morgan fingerprint density at radius 1 is 1.33 bits per heavy atom. The molecule has 1 aliphatic rings. The number of esters is 1. The zero-order chi connectivity index (χ0) is 17.1. The lowest BCUT2D eigenvalue weighted by molar-refractivity contribution is -0.149. The average Bonchev–Trinajstić information content (AvgIpc) is 2.98. The Balaban J connectivity index is 1.61. The number of H-pyrrole nitrogens is 1. The van der Waals surface area contributed by atoms with Gasteiger partial charge in [0.25, 0.3) is 0 Å². The molecule has 5 nitrogen and oxygen atoms in total. The predicted molar refractivity (Wildman–Crippen MR) is 88.4 cm³/mol. The number of aromatic nitrogens is 1. The first-order valence-corrected chi connectivity index (χ1v) is 8.27. The summed E-state index contributed by atoms with van der Waals surface area (Å²) in [6, 6.07) is 4.38. The van der Waals surface area contributed by atoms with Crippen molar-refractivity contribution in [1.29, 1.82) is 0 Å². The van der Waals surface area contributed by atoms with Crippen LogP contribution < -0.4 is 0 Å². The van der Waals surface area contributed by atoms with Crippen LogP contribution in [0.3, 0.4) is 0 Å². The van der Waals surface area contributed by atoms with Crippen molar-refractivity contribution in [2.45, 2.75) is 19.8 Å². The van der Waals surface area contributed by atoms with Gasteiger partial charge in [-0.25, -0.2) is 4.39 Å². The minimum absolute atomic E-state index is 0.0403. The van der Waals surface area contributed by atoms with E-state index < -0.39 is 0 Å². The van der Waals surface area contributed by atoms with E-state index in [1.807, 2.05) is 4.90 Å². The van der Waals surface area contributed by atoms with Crippen molar-refractivity contribution < 1.29 is 18.7 Å². The van der Waals surface area contributed by atoms with Gasteiger partial charge in [-0.15, -0.1) is 0 Å². The Labute approximate surface area is 139 Å². The van der Waals surface area contributed by atoms with E-state index in [1.165, 1.54) is 12.1 Å². The monoisotopic (exact) mass is 332 g/mol. The molecular weight excluding hydrogens is 311 g/mol. The molecule has 1 saturated heterocycles. The molecule has 1 aliphatic heterocycles. The SMILES string of the molecule is CCOC(=O)C1CCN(CC(=O)c2c[nH]c3ccc(F)cc23)CC1. The number of carbonyl (C=O) groups excluding carboxylic acids is 2. The number of ketones is 1. The van der Waals surface area contributed by atoms with Crippen molar-refractivity contribution in [3.8, 4) is 0 Å². The fraction of sp³-hybridized carbons (Fsp3) is 0.444. The largest absolute Gasteiger partial charge is 0.466 e. The predicted octanol–water partition coefficient (Wildman–Crippen LogP) is 2.76. The molecule has 0 spiro atoms. The van der Waals surface area contributed by atoms with Crippen LogP contribution in [0.4, 0.5) is 4.39 Å². The van der Waals surface area contributed by atoms with Crippen molar-refractivity contribution in [2.24, 2.45) is 5.92 Å². The van der Waals surface area contributed by atoms with E-state index in [-0.39, 0.29) is 30.0 Å². The molecule has 1 fully saturated rings. The van der Waals surface area contributed by atoms with Crippen molar-refractivity contribution in [3.05, 3.63) is 35.8 Å². The molecule has 0 aliphatic carbocycles. The van der Waals surface area contributed by atoms with Crippen LogP contribution in [-0.4, -0.2) is 47.9 Å². The highest BCUT2D eigenvalue weighted by Gasteiger charge is 2.27. The molecule has 6 heteroatoms. The van der Waals surface area contributed by atoms with Crippen LogP contribution in [0.2, 0.25) is 0 Å². The Bertz CT molecular complexity index is 748. The first-order valence-electron chi connectivity index (χ1n) is 8.27. The smallest absolute Gasteiger partial charge is 0.309 e. The number of Topliss-reactive ketones (excluding diaryl/α,β-unsaturated/α-hetero) is 1. The molecule has 128 valence electrons. The van der Waals surface area contributed by atoms with Crippen LogP contribution in [0, 0.1) is 11.7 Å². The summed E-state index contributed by atoms with van der Waals surface area (Å²) in [5, 5.41) is 0.612. The number of ether oxygens (including phenoxy) is 1. The molecule has 1 N–H and O–H groups in total. The lowest BCUT2D eigenvalue weighted by Crippen LogP contribution is -2.39. The van der Waals surface area contributed by atoms with Crippen LogP contribution in [0.5, 0.6) is 0 Å². The van der Waals surface area contributed by atoms with Crippen LogP contribution >= 0.6 is 0 Å². The molecule has 0 bridgehead atoms. The number of nitrogens with one attached hydrogen (secondary N) is 1. The zero-order valence-electron chi connectivity index (χ0n) is 13.7. The van der Waals surface area contributed by atoms with E-state index in [9.17, 15) is 14.0 Å². The van der Waals surface area contributed by atoms with Crippen molar-refractivity contribution in [2.75, 3.05) is 26.2 Å². The Hall–Kier alpha value is -2.21. The number of rotatable bonds is 5. The molecule has 0 unspecified atom stereocenters. The van der Waals surface area contributed by atoms with Gasteiger partial charge >= 0.3 is 5.97 Å². The minimum atomic E-state index is -0.355. The van der Waals surface area contributed by atoms with Crippen molar-refractivity contribution in [3.63, 3.8) is 0 Å². The second-order valence-corrected chi connectivity index (χ2v) is 6.12. The maximum Gasteiger partial charge on any atom is 0.309 e. The molecule has 1 aromatic carbocycles. The van der Waals surface area contributed by atoms with Gasteiger partial charge in [0.05, 0.1) is 19.1 Å². The van der Waals surface area contributed by atoms with Gasteiger partial charge in [0, 0.05) is 22.7 Å². The summed E-state index contributed by atoms with van der Waals surface area (Å²) in [4.78, 5) is 29.3. The molecule has 0 amide bonds. The molecule has 2 heterocycles. The molecule has 3 rings (SSSR count). The third-order valence-electron chi connectivity index (χ3n) is 4.52. The summed E-state index contributed by atoms with van der Waals surface area (Å²) < 4.78 is 18.5. The third kappa shape index (κ3) is 3.48. The number of halogens is 1.